The standard InChI is InChI=1S/C12H18BrN3O2S2/c13-11-9-10(1-2-12(11)14)20(17,18)15-3-4-16-5-7-19-8-6-16/h1-2,9,15H,3-8,14H2. The highest BCUT2D eigenvalue weighted by Crippen LogP contribution is 2.22. The average molecular weight is 380 g/mol. The van der Waals surface area contributed by atoms with Gasteiger partial charge < -0.3 is 10.6 Å². The number of nitrogens with zero attached hydrogens (tertiary/aromatic N) is 1. The summed E-state index contributed by atoms with van der Waals surface area (Å²) in [5.74, 6) is 2.25. The number of thioether (sulfide) groups is 1. The quantitative estimate of drug-likeness (QED) is 0.755. The fraction of sp³-hybridized carbons (Fsp3) is 0.500. The van der Waals surface area contributed by atoms with Crippen molar-refractivity contribution in [2.75, 3.05) is 43.4 Å². The number of nitrogens with one attached hydrogen (secondary N) is 1. The average Bonchev–Trinajstić information content (AvgIpc) is 2.43. The molecule has 0 aromatic heterocycles. The van der Waals surface area contributed by atoms with Crippen molar-refractivity contribution in [2.45, 2.75) is 4.90 Å². The molecule has 1 heterocycles. The van der Waals surface area contributed by atoms with Crippen LogP contribution in [0.15, 0.2) is 27.6 Å². The molecule has 1 aromatic rings. The van der Waals surface area contributed by atoms with Crippen LogP contribution < -0.4 is 10.5 Å². The lowest BCUT2D eigenvalue weighted by Gasteiger charge is -2.25. The third-order valence-corrected chi connectivity index (χ3v) is 6.19. The van der Waals surface area contributed by atoms with Crippen LogP contribution in [0.4, 0.5) is 5.69 Å². The second-order valence-corrected chi connectivity index (χ2v) is 8.38. The molecule has 1 aromatic carbocycles. The van der Waals surface area contributed by atoms with E-state index in [0.717, 1.165) is 31.1 Å². The van der Waals surface area contributed by atoms with E-state index >= 15 is 0 Å². The summed E-state index contributed by atoms with van der Waals surface area (Å²) < 4.78 is 27.5. The topological polar surface area (TPSA) is 75.4 Å². The number of nitrogen functional groups attached to an aromatic ring is 1. The van der Waals surface area contributed by atoms with Gasteiger partial charge in [-0.25, -0.2) is 13.1 Å². The molecule has 0 radical (unpaired) electrons. The fourth-order valence-corrected chi connectivity index (χ4v) is 4.48. The number of sulfonamides is 1. The van der Waals surface area contributed by atoms with E-state index in [2.05, 4.69) is 25.6 Å². The SMILES string of the molecule is Nc1ccc(S(=O)(=O)NCCN2CCSCC2)cc1Br. The molecule has 0 aliphatic carbocycles. The van der Waals surface area contributed by atoms with E-state index in [1.54, 1.807) is 6.07 Å². The highest BCUT2D eigenvalue weighted by atomic mass is 79.9. The molecule has 0 atom stereocenters. The predicted octanol–water partition coefficient (Wildman–Crippen LogP) is 1.36. The molecular weight excluding hydrogens is 362 g/mol. The molecule has 5 nitrogen and oxygen atoms in total. The van der Waals surface area contributed by atoms with Crippen molar-refractivity contribution >= 4 is 43.4 Å². The van der Waals surface area contributed by atoms with Crippen LogP contribution in [0.1, 0.15) is 0 Å². The molecule has 3 N–H and O–H groups in total. The summed E-state index contributed by atoms with van der Waals surface area (Å²) in [6.45, 7) is 3.23. The zero-order valence-electron chi connectivity index (χ0n) is 11.0. The molecule has 0 spiro atoms. The highest BCUT2D eigenvalue weighted by Gasteiger charge is 2.16. The maximum Gasteiger partial charge on any atom is 0.240 e. The lowest BCUT2D eigenvalue weighted by Crippen LogP contribution is -2.39. The molecule has 0 unspecified atom stereocenters. The third-order valence-electron chi connectivity index (χ3n) is 3.11. The third kappa shape index (κ3) is 4.36. The van der Waals surface area contributed by atoms with Gasteiger partial charge in [-0.15, -0.1) is 0 Å². The number of hydrogen-bond donors (Lipinski definition) is 2. The Balaban J connectivity index is 1.91. The van der Waals surface area contributed by atoms with Crippen molar-refractivity contribution < 1.29 is 8.42 Å². The van der Waals surface area contributed by atoms with Crippen LogP contribution in [0.5, 0.6) is 0 Å². The first-order valence-electron chi connectivity index (χ1n) is 6.34. The van der Waals surface area contributed by atoms with Gasteiger partial charge in [0.1, 0.15) is 0 Å². The summed E-state index contributed by atoms with van der Waals surface area (Å²) >= 11 is 5.18. The number of nitrogens with two attached hydrogens (primary N) is 1. The van der Waals surface area contributed by atoms with E-state index in [1.165, 1.54) is 12.1 Å². The smallest absolute Gasteiger partial charge is 0.240 e. The van der Waals surface area contributed by atoms with E-state index in [1.807, 2.05) is 11.8 Å². The van der Waals surface area contributed by atoms with E-state index in [0.29, 0.717) is 16.7 Å². The van der Waals surface area contributed by atoms with Crippen molar-refractivity contribution in [3.63, 3.8) is 0 Å². The van der Waals surface area contributed by atoms with Crippen LogP contribution in [-0.2, 0) is 10.0 Å². The lowest BCUT2D eigenvalue weighted by atomic mass is 10.3. The number of anilines is 1. The van der Waals surface area contributed by atoms with Crippen molar-refractivity contribution in [3.8, 4) is 0 Å². The molecule has 8 heteroatoms. The molecular formula is C12H18BrN3O2S2. The molecule has 1 aliphatic heterocycles. The first kappa shape index (κ1) is 16.1. The van der Waals surface area contributed by atoms with Crippen LogP contribution in [0, 0.1) is 0 Å². The Labute approximate surface area is 132 Å². The van der Waals surface area contributed by atoms with Crippen molar-refractivity contribution in [3.05, 3.63) is 22.7 Å². The Bertz CT molecular complexity index is 560. The van der Waals surface area contributed by atoms with Gasteiger partial charge in [-0.05, 0) is 34.1 Å². The molecule has 2 rings (SSSR count). The number of halogens is 1. The summed E-state index contributed by atoms with van der Waals surface area (Å²) in [6.07, 6.45) is 0. The van der Waals surface area contributed by atoms with Gasteiger partial charge in [0.15, 0.2) is 0 Å². The summed E-state index contributed by atoms with van der Waals surface area (Å²) in [7, 11) is -3.47. The number of rotatable bonds is 5. The molecule has 0 bridgehead atoms. The number of benzene rings is 1. The van der Waals surface area contributed by atoms with Gasteiger partial charge in [0.2, 0.25) is 10.0 Å². The molecule has 1 fully saturated rings. The summed E-state index contributed by atoms with van der Waals surface area (Å²) in [4.78, 5) is 2.51. The van der Waals surface area contributed by atoms with Gasteiger partial charge in [-0.3, -0.25) is 0 Å². The van der Waals surface area contributed by atoms with Crippen molar-refractivity contribution in [1.82, 2.24) is 9.62 Å². The Morgan fingerprint density at radius 1 is 1.35 bits per heavy atom. The van der Waals surface area contributed by atoms with Gasteiger partial charge >= 0.3 is 0 Å². The minimum atomic E-state index is -3.47. The largest absolute Gasteiger partial charge is 0.398 e. The summed E-state index contributed by atoms with van der Waals surface area (Å²) in [5.41, 5.74) is 6.18. The van der Waals surface area contributed by atoms with Crippen molar-refractivity contribution in [2.24, 2.45) is 0 Å². The Morgan fingerprint density at radius 3 is 2.70 bits per heavy atom. The van der Waals surface area contributed by atoms with Crippen LogP contribution in [-0.4, -0.2) is 51.0 Å². The van der Waals surface area contributed by atoms with Crippen molar-refractivity contribution in [1.29, 1.82) is 0 Å². The predicted molar refractivity (Wildman–Crippen MR) is 87.5 cm³/mol. The molecule has 0 amide bonds. The first-order valence-corrected chi connectivity index (χ1v) is 9.77. The minimum Gasteiger partial charge on any atom is -0.398 e. The Hall–Kier alpha value is -0.280. The van der Waals surface area contributed by atoms with E-state index < -0.39 is 10.0 Å². The zero-order valence-corrected chi connectivity index (χ0v) is 14.2. The highest BCUT2D eigenvalue weighted by molar-refractivity contribution is 9.10. The first-order chi connectivity index (χ1) is 9.49. The van der Waals surface area contributed by atoms with Gasteiger partial charge in [0.25, 0.3) is 0 Å². The molecule has 0 saturated carbocycles. The zero-order chi connectivity index (χ0) is 14.6. The number of hydrogen-bond acceptors (Lipinski definition) is 5. The second kappa shape index (κ2) is 7.13. The summed E-state index contributed by atoms with van der Waals surface area (Å²) in [6, 6.07) is 4.62. The summed E-state index contributed by atoms with van der Waals surface area (Å²) in [5, 5.41) is 0. The maximum atomic E-state index is 12.1. The molecule has 1 saturated heterocycles. The maximum absolute atomic E-state index is 12.1. The van der Waals surface area contributed by atoms with Crippen LogP contribution in [0.3, 0.4) is 0 Å². The van der Waals surface area contributed by atoms with Gasteiger partial charge in [0.05, 0.1) is 4.90 Å². The van der Waals surface area contributed by atoms with Crippen LogP contribution >= 0.6 is 27.7 Å². The van der Waals surface area contributed by atoms with E-state index in [4.69, 9.17) is 5.73 Å². The Morgan fingerprint density at radius 2 is 2.05 bits per heavy atom. The van der Waals surface area contributed by atoms with Crippen LogP contribution in [0.2, 0.25) is 0 Å². The van der Waals surface area contributed by atoms with Gasteiger partial charge in [-0.2, -0.15) is 11.8 Å². The molecule has 20 heavy (non-hydrogen) atoms. The van der Waals surface area contributed by atoms with E-state index in [-0.39, 0.29) is 4.90 Å². The van der Waals surface area contributed by atoms with Gasteiger partial charge in [0, 0.05) is 47.8 Å². The van der Waals surface area contributed by atoms with Gasteiger partial charge in [-0.1, -0.05) is 0 Å². The second-order valence-electron chi connectivity index (χ2n) is 4.54. The minimum absolute atomic E-state index is 0.229. The Kier molecular flexibility index (Phi) is 5.74. The monoisotopic (exact) mass is 379 g/mol. The fourth-order valence-electron chi connectivity index (χ4n) is 1.92. The lowest BCUT2D eigenvalue weighted by molar-refractivity contribution is 0.307. The molecule has 112 valence electrons. The molecule has 1 aliphatic rings. The normalized spacial score (nSPS) is 17.2. The van der Waals surface area contributed by atoms with E-state index in [9.17, 15) is 8.42 Å². The van der Waals surface area contributed by atoms with Crippen LogP contribution in [0.25, 0.3) is 0 Å².